The number of hydrogen-bond acceptors (Lipinski definition) is 4. The lowest BCUT2D eigenvalue weighted by molar-refractivity contribution is 0.418. The minimum atomic E-state index is -0.176. The third kappa shape index (κ3) is 3.22. The van der Waals surface area contributed by atoms with Crippen LogP contribution in [0, 0.1) is 0 Å². The van der Waals surface area contributed by atoms with Gasteiger partial charge in [-0.05, 0) is 40.9 Å². The van der Waals surface area contributed by atoms with Gasteiger partial charge >= 0.3 is 0 Å². The molecular weight excluding hydrogens is 304 g/mol. The number of nitrogens with one attached hydrogen (secondary N) is 1. The third-order valence-corrected chi connectivity index (χ3v) is 4.02. The van der Waals surface area contributed by atoms with Crippen molar-refractivity contribution in [3.05, 3.63) is 29.0 Å². The summed E-state index contributed by atoms with van der Waals surface area (Å²) in [6, 6.07) is 3.90. The number of nitrogens with zero attached hydrogens (tertiary/aromatic N) is 2. The zero-order valence-corrected chi connectivity index (χ0v) is 12.9. The summed E-state index contributed by atoms with van der Waals surface area (Å²) in [4.78, 5) is 8.74. The zero-order valence-electron chi connectivity index (χ0n) is 11.3. The highest BCUT2D eigenvalue weighted by Gasteiger charge is 2.20. The van der Waals surface area contributed by atoms with Crippen LogP contribution < -0.4 is 11.1 Å². The van der Waals surface area contributed by atoms with Gasteiger partial charge in [0.2, 0.25) is 0 Å². The van der Waals surface area contributed by atoms with Gasteiger partial charge in [-0.25, -0.2) is 0 Å². The number of halogens is 1. The average molecular weight is 323 g/mol. The summed E-state index contributed by atoms with van der Waals surface area (Å²) in [6.07, 6.45) is 5.45. The first-order chi connectivity index (χ1) is 9.08. The number of pyridine rings is 2. The van der Waals surface area contributed by atoms with Crippen LogP contribution in [-0.2, 0) is 0 Å². The molecule has 0 aliphatic rings. The van der Waals surface area contributed by atoms with E-state index in [-0.39, 0.29) is 5.54 Å². The minimum absolute atomic E-state index is 0.176. The molecule has 2 aromatic heterocycles. The van der Waals surface area contributed by atoms with Crippen LogP contribution in [0.3, 0.4) is 0 Å². The summed E-state index contributed by atoms with van der Waals surface area (Å²) in [5.74, 6) is 0. The van der Waals surface area contributed by atoms with Crippen LogP contribution in [0.2, 0.25) is 0 Å². The summed E-state index contributed by atoms with van der Waals surface area (Å²) in [7, 11) is 0. The fraction of sp³-hybridized carbons (Fsp3) is 0.429. The van der Waals surface area contributed by atoms with Gasteiger partial charge in [0.15, 0.2) is 0 Å². The van der Waals surface area contributed by atoms with Crippen LogP contribution in [0.4, 0.5) is 5.69 Å². The van der Waals surface area contributed by atoms with Crippen LogP contribution in [0.25, 0.3) is 11.0 Å². The number of hydrogen-bond donors (Lipinski definition) is 2. The minimum Gasteiger partial charge on any atom is -0.381 e. The van der Waals surface area contributed by atoms with Gasteiger partial charge in [0.25, 0.3) is 0 Å². The summed E-state index contributed by atoms with van der Waals surface area (Å²) in [6.45, 7) is 4.97. The first-order valence-electron chi connectivity index (χ1n) is 6.51. The molecule has 2 heterocycles. The maximum Gasteiger partial charge on any atom is 0.112 e. The summed E-state index contributed by atoms with van der Waals surface area (Å²) in [5.41, 5.74) is 8.86. The molecule has 5 heteroatoms. The van der Waals surface area contributed by atoms with E-state index in [2.05, 4.69) is 45.1 Å². The van der Waals surface area contributed by atoms with E-state index in [1.54, 1.807) is 12.4 Å². The van der Waals surface area contributed by atoms with E-state index in [0.29, 0.717) is 0 Å². The molecule has 0 saturated carbocycles. The molecule has 4 nitrogen and oxygen atoms in total. The molecule has 0 atom stereocenters. The van der Waals surface area contributed by atoms with Gasteiger partial charge in [0.05, 0.1) is 11.2 Å². The fourth-order valence-electron chi connectivity index (χ4n) is 1.92. The van der Waals surface area contributed by atoms with E-state index in [0.717, 1.165) is 40.6 Å². The molecule has 102 valence electrons. The topological polar surface area (TPSA) is 63.8 Å². The van der Waals surface area contributed by atoms with Crippen LogP contribution in [0.1, 0.15) is 26.7 Å². The smallest absolute Gasteiger partial charge is 0.112 e. The predicted molar refractivity (Wildman–Crippen MR) is 83.2 cm³/mol. The lowest BCUT2D eigenvalue weighted by Crippen LogP contribution is -2.45. The van der Waals surface area contributed by atoms with Crippen LogP contribution in [-0.4, -0.2) is 22.1 Å². The monoisotopic (exact) mass is 322 g/mol. The molecule has 3 N–H and O–H groups in total. The summed E-state index contributed by atoms with van der Waals surface area (Å²) < 4.78 is 0.930. The molecule has 0 radical (unpaired) electrons. The van der Waals surface area contributed by atoms with Gasteiger partial charge < -0.3 is 11.1 Å². The van der Waals surface area contributed by atoms with E-state index in [9.17, 15) is 0 Å². The largest absolute Gasteiger partial charge is 0.381 e. The van der Waals surface area contributed by atoms with E-state index in [1.165, 1.54) is 0 Å². The second kappa shape index (κ2) is 5.84. The Hall–Kier alpha value is -1.20. The summed E-state index contributed by atoms with van der Waals surface area (Å²) >= 11 is 3.41. The second-order valence-electron chi connectivity index (χ2n) is 4.80. The van der Waals surface area contributed by atoms with Gasteiger partial charge in [0, 0.05) is 29.0 Å². The van der Waals surface area contributed by atoms with Crippen molar-refractivity contribution in [2.75, 3.05) is 11.9 Å². The van der Waals surface area contributed by atoms with Crippen molar-refractivity contribution >= 4 is 32.7 Å². The average Bonchev–Trinajstić information content (AvgIpc) is 2.44. The molecule has 19 heavy (non-hydrogen) atoms. The Morgan fingerprint density at radius 3 is 2.74 bits per heavy atom. The molecule has 0 amide bonds. The number of aromatic nitrogens is 2. The fourth-order valence-corrected chi connectivity index (χ4v) is 2.24. The zero-order chi connectivity index (χ0) is 13.9. The first-order valence-corrected chi connectivity index (χ1v) is 7.30. The maximum absolute atomic E-state index is 6.31. The van der Waals surface area contributed by atoms with Gasteiger partial charge in [-0.2, -0.15) is 0 Å². The van der Waals surface area contributed by atoms with Crippen LogP contribution in [0.5, 0.6) is 0 Å². The van der Waals surface area contributed by atoms with E-state index < -0.39 is 0 Å². The maximum atomic E-state index is 6.31. The van der Waals surface area contributed by atoms with Crippen LogP contribution in [0.15, 0.2) is 29.0 Å². The summed E-state index contributed by atoms with van der Waals surface area (Å²) in [5, 5.41) is 3.41. The molecule has 0 bridgehead atoms. The van der Waals surface area contributed by atoms with E-state index in [4.69, 9.17) is 5.73 Å². The lowest BCUT2D eigenvalue weighted by atomic mass is 9.94. The van der Waals surface area contributed by atoms with Crippen molar-refractivity contribution in [2.24, 2.45) is 5.73 Å². The molecule has 0 spiro atoms. The van der Waals surface area contributed by atoms with Crippen molar-refractivity contribution in [3.63, 3.8) is 0 Å². The highest BCUT2D eigenvalue weighted by Crippen LogP contribution is 2.23. The molecule has 0 saturated heterocycles. The van der Waals surface area contributed by atoms with E-state index in [1.807, 2.05) is 12.1 Å². The van der Waals surface area contributed by atoms with E-state index >= 15 is 0 Å². The van der Waals surface area contributed by atoms with Crippen molar-refractivity contribution in [3.8, 4) is 0 Å². The van der Waals surface area contributed by atoms with Gasteiger partial charge in [-0.15, -0.1) is 0 Å². The molecule has 2 aromatic rings. The Balaban J connectivity index is 2.26. The highest BCUT2D eigenvalue weighted by molar-refractivity contribution is 9.10. The lowest BCUT2D eigenvalue weighted by Gasteiger charge is -2.27. The molecule has 0 aromatic carbocycles. The Labute approximate surface area is 121 Å². The molecule has 2 rings (SSSR count). The second-order valence-corrected chi connectivity index (χ2v) is 5.72. The highest BCUT2D eigenvalue weighted by atomic mass is 79.9. The molecule has 0 aliphatic heterocycles. The number of fused-ring (bicyclic) bond motifs is 1. The Morgan fingerprint density at radius 1 is 1.32 bits per heavy atom. The number of rotatable bonds is 5. The van der Waals surface area contributed by atoms with Crippen molar-refractivity contribution in [1.82, 2.24) is 9.97 Å². The Morgan fingerprint density at radius 2 is 2.05 bits per heavy atom. The molecule has 0 unspecified atom stereocenters. The normalized spacial score (nSPS) is 11.8. The third-order valence-electron chi connectivity index (χ3n) is 3.58. The standard InChI is InChI=1S/C14H19BrN4/c1-3-14(16,4-2)9-19-11-5-6-17-12-7-10(15)8-18-13(11)12/h5-8H,3-4,9,16H2,1-2H3,(H,17,19). The Bertz CT molecular complexity index is 566. The van der Waals surface area contributed by atoms with Gasteiger partial charge in [0.1, 0.15) is 5.52 Å². The van der Waals surface area contributed by atoms with Gasteiger partial charge in [-0.3, -0.25) is 9.97 Å². The Kier molecular flexibility index (Phi) is 4.37. The predicted octanol–water partition coefficient (Wildman–Crippen LogP) is 3.32. The van der Waals surface area contributed by atoms with Crippen LogP contribution >= 0.6 is 15.9 Å². The number of anilines is 1. The molecule has 0 fully saturated rings. The molecule has 0 aliphatic carbocycles. The van der Waals surface area contributed by atoms with Crippen molar-refractivity contribution in [1.29, 1.82) is 0 Å². The van der Waals surface area contributed by atoms with Crippen molar-refractivity contribution < 1.29 is 0 Å². The van der Waals surface area contributed by atoms with Crippen molar-refractivity contribution in [2.45, 2.75) is 32.2 Å². The van der Waals surface area contributed by atoms with Gasteiger partial charge in [-0.1, -0.05) is 13.8 Å². The quantitative estimate of drug-likeness (QED) is 0.886. The SMILES string of the molecule is CCC(N)(CC)CNc1ccnc2cc(Br)cnc12. The number of nitrogens with two attached hydrogens (primary N) is 1. The molecular formula is C14H19BrN4. The first kappa shape index (κ1) is 14.2.